The van der Waals surface area contributed by atoms with Gasteiger partial charge in [0.25, 0.3) is 0 Å². The van der Waals surface area contributed by atoms with Gasteiger partial charge in [0.05, 0.1) is 0 Å². The average molecular weight is 207 g/mol. The minimum Gasteiger partial charge on any atom is -0.314 e. The van der Waals surface area contributed by atoms with Gasteiger partial charge in [-0.2, -0.15) is 0 Å². The van der Waals surface area contributed by atoms with Crippen LogP contribution in [0, 0.1) is 17.8 Å². The summed E-state index contributed by atoms with van der Waals surface area (Å²) in [5.41, 5.74) is 0. The van der Waals surface area contributed by atoms with Crippen LogP contribution < -0.4 is 5.32 Å². The third-order valence-electron chi connectivity index (χ3n) is 5.26. The quantitative estimate of drug-likeness (QED) is 0.695. The Balaban J connectivity index is 1.58. The van der Waals surface area contributed by atoms with E-state index in [9.17, 15) is 0 Å². The van der Waals surface area contributed by atoms with Gasteiger partial charge >= 0.3 is 0 Å². The van der Waals surface area contributed by atoms with Gasteiger partial charge in [0.2, 0.25) is 0 Å². The molecule has 2 aliphatic carbocycles. The molecule has 0 amide bonds. The summed E-state index contributed by atoms with van der Waals surface area (Å²) < 4.78 is 0. The predicted molar refractivity (Wildman–Crippen MR) is 63.8 cm³/mol. The summed E-state index contributed by atoms with van der Waals surface area (Å²) in [6.07, 6.45) is 13.7. The molecule has 3 rings (SSSR count). The highest BCUT2D eigenvalue weighted by Crippen LogP contribution is 2.42. The lowest BCUT2D eigenvalue weighted by Crippen LogP contribution is -2.35. The molecule has 0 radical (unpaired) electrons. The van der Waals surface area contributed by atoms with E-state index in [1.807, 2.05) is 0 Å². The largest absolute Gasteiger partial charge is 0.314 e. The van der Waals surface area contributed by atoms with Crippen molar-refractivity contribution in [3.05, 3.63) is 0 Å². The highest BCUT2D eigenvalue weighted by Gasteiger charge is 2.36. The fraction of sp³-hybridized carbons (Fsp3) is 1.00. The highest BCUT2D eigenvalue weighted by atomic mass is 15.0. The molecule has 86 valence electrons. The van der Waals surface area contributed by atoms with Crippen molar-refractivity contribution in [1.82, 2.24) is 5.32 Å². The number of fused-ring (bicyclic) bond motifs is 1. The topological polar surface area (TPSA) is 12.0 Å². The van der Waals surface area contributed by atoms with Crippen LogP contribution in [0.2, 0.25) is 0 Å². The second kappa shape index (κ2) is 4.45. The molecule has 2 saturated carbocycles. The Kier molecular flexibility index (Phi) is 3.01. The molecule has 3 aliphatic rings. The molecule has 0 aromatic rings. The zero-order chi connectivity index (χ0) is 10.1. The fourth-order valence-electron chi connectivity index (χ4n) is 4.38. The van der Waals surface area contributed by atoms with Crippen LogP contribution in [-0.4, -0.2) is 12.6 Å². The van der Waals surface area contributed by atoms with Crippen LogP contribution in [0.5, 0.6) is 0 Å². The molecule has 1 saturated heterocycles. The lowest BCUT2D eigenvalue weighted by Gasteiger charge is -2.38. The first kappa shape index (κ1) is 10.1. The van der Waals surface area contributed by atoms with E-state index in [-0.39, 0.29) is 0 Å². The molecule has 3 fully saturated rings. The van der Waals surface area contributed by atoms with Crippen molar-refractivity contribution < 1.29 is 0 Å². The van der Waals surface area contributed by atoms with Crippen molar-refractivity contribution >= 4 is 0 Å². The molecule has 0 bridgehead atoms. The maximum Gasteiger partial charge on any atom is 0.00960 e. The van der Waals surface area contributed by atoms with Gasteiger partial charge in [-0.05, 0) is 50.0 Å². The lowest BCUT2D eigenvalue weighted by molar-refractivity contribution is 0.150. The minimum absolute atomic E-state index is 0.907. The fourth-order valence-corrected chi connectivity index (χ4v) is 4.38. The van der Waals surface area contributed by atoms with Gasteiger partial charge in [-0.25, -0.2) is 0 Å². The molecule has 1 heteroatoms. The first-order chi connectivity index (χ1) is 7.43. The average Bonchev–Trinajstić information content (AvgIpc) is 2.77. The molecule has 15 heavy (non-hydrogen) atoms. The Hall–Kier alpha value is -0.0400. The smallest absolute Gasteiger partial charge is 0.00960 e. The summed E-state index contributed by atoms with van der Waals surface area (Å²) in [5.74, 6) is 3.26. The molecule has 1 N–H and O–H groups in total. The minimum atomic E-state index is 0.907. The Morgan fingerprint density at radius 2 is 1.53 bits per heavy atom. The van der Waals surface area contributed by atoms with Crippen LogP contribution in [0.3, 0.4) is 0 Å². The van der Waals surface area contributed by atoms with E-state index in [0.29, 0.717) is 0 Å². The molecule has 1 nitrogen and oxygen atoms in total. The van der Waals surface area contributed by atoms with Crippen molar-refractivity contribution in [1.29, 1.82) is 0 Å². The summed E-state index contributed by atoms with van der Waals surface area (Å²) in [6.45, 7) is 1.30. The van der Waals surface area contributed by atoms with Crippen LogP contribution in [0.4, 0.5) is 0 Å². The summed E-state index contributed by atoms with van der Waals surface area (Å²) in [7, 11) is 0. The molecular weight excluding hydrogens is 182 g/mol. The van der Waals surface area contributed by atoms with E-state index in [1.165, 1.54) is 45.1 Å². The molecule has 3 atom stereocenters. The number of hydrogen-bond acceptors (Lipinski definition) is 1. The van der Waals surface area contributed by atoms with Gasteiger partial charge in [-0.15, -0.1) is 0 Å². The van der Waals surface area contributed by atoms with Crippen molar-refractivity contribution in [2.24, 2.45) is 17.8 Å². The molecule has 1 heterocycles. The van der Waals surface area contributed by atoms with E-state index in [4.69, 9.17) is 0 Å². The standard InChI is InChI=1S/C14H25N/c1-2-4-11(5-3-1)12-6-7-14-13(10-12)8-9-15-14/h11-15H,1-10H2/t12?,13-,14?/m1/s1. The normalized spacial score (nSPS) is 42.8. The zero-order valence-electron chi connectivity index (χ0n) is 9.88. The van der Waals surface area contributed by atoms with Gasteiger partial charge in [0, 0.05) is 6.04 Å². The van der Waals surface area contributed by atoms with Crippen LogP contribution in [-0.2, 0) is 0 Å². The molecule has 2 unspecified atom stereocenters. The summed E-state index contributed by atoms with van der Waals surface area (Å²) in [5, 5.41) is 3.68. The van der Waals surface area contributed by atoms with E-state index >= 15 is 0 Å². The van der Waals surface area contributed by atoms with Gasteiger partial charge in [-0.3, -0.25) is 0 Å². The predicted octanol–water partition coefficient (Wildman–Crippen LogP) is 3.34. The molecule has 0 spiro atoms. The van der Waals surface area contributed by atoms with Crippen LogP contribution in [0.15, 0.2) is 0 Å². The maximum absolute atomic E-state index is 3.68. The maximum atomic E-state index is 3.68. The molecule has 0 aromatic carbocycles. The number of nitrogens with one attached hydrogen (secondary N) is 1. The lowest BCUT2D eigenvalue weighted by atomic mass is 9.69. The number of hydrogen-bond donors (Lipinski definition) is 1. The second-order valence-electron chi connectivity index (χ2n) is 6.08. The number of rotatable bonds is 1. The third kappa shape index (κ3) is 2.08. The first-order valence-electron chi connectivity index (χ1n) is 7.17. The van der Waals surface area contributed by atoms with E-state index in [1.54, 1.807) is 19.3 Å². The van der Waals surface area contributed by atoms with Crippen LogP contribution >= 0.6 is 0 Å². The van der Waals surface area contributed by atoms with Crippen molar-refractivity contribution in [3.63, 3.8) is 0 Å². The molecule has 1 aliphatic heterocycles. The SMILES string of the molecule is C1CCC(C2CCC3NCC[C@@H]3C2)CC1. The van der Waals surface area contributed by atoms with Gasteiger partial charge in [0.15, 0.2) is 0 Å². The molecule has 0 aromatic heterocycles. The van der Waals surface area contributed by atoms with Crippen LogP contribution in [0.25, 0.3) is 0 Å². The van der Waals surface area contributed by atoms with Crippen molar-refractivity contribution in [2.75, 3.05) is 6.54 Å². The van der Waals surface area contributed by atoms with Gasteiger partial charge < -0.3 is 5.32 Å². The Morgan fingerprint density at radius 1 is 0.667 bits per heavy atom. The van der Waals surface area contributed by atoms with E-state index in [2.05, 4.69) is 5.32 Å². The molecular formula is C14H25N. The van der Waals surface area contributed by atoms with Gasteiger partial charge in [-0.1, -0.05) is 32.1 Å². The summed E-state index contributed by atoms with van der Waals surface area (Å²) in [6, 6.07) is 0.907. The van der Waals surface area contributed by atoms with Crippen molar-refractivity contribution in [3.8, 4) is 0 Å². The highest BCUT2D eigenvalue weighted by molar-refractivity contribution is 4.91. The Morgan fingerprint density at radius 3 is 2.40 bits per heavy atom. The van der Waals surface area contributed by atoms with Crippen molar-refractivity contribution in [2.45, 2.75) is 63.8 Å². The monoisotopic (exact) mass is 207 g/mol. The Bertz CT molecular complexity index is 207. The van der Waals surface area contributed by atoms with E-state index < -0.39 is 0 Å². The zero-order valence-corrected chi connectivity index (χ0v) is 9.88. The summed E-state index contributed by atoms with van der Waals surface area (Å²) >= 11 is 0. The third-order valence-corrected chi connectivity index (χ3v) is 5.26. The van der Waals surface area contributed by atoms with Crippen LogP contribution in [0.1, 0.15) is 57.8 Å². The first-order valence-corrected chi connectivity index (χ1v) is 7.17. The second-order valence-corrected chi connectivity index (χ2v) is 6.08. The van der Waals surface area contributed by atoms with E-state index in [0.717, 1.165) is 23.8 Å². The Labute approximate surface area is 94.0 Å². The van der Waals surface area contributed by atoms with Gasteiger partial charge in [0.1, 0.15) is 0 Å². The summed E-state index contributed by atoms with van der Waals surface area (Å²) in [4.78, 5) is 0.